The first-order chi connectivity index (χ1) is 13.6. The second-order valence-electron chi connectivity index (χ2n) is 6.24. The molecule has 0 unspecified atom stereocenters. The standard InChI is InChI=1S/C20H17Cl2N3O2S/c21-16-4-2-1-3-14(16)18-12-28-20(23-18)24-19(26)15-6-5-13(11-17(15)22)25-7-9-27-10-8-25/h1-6,11-12H,7-10H2,(H,23,24,26). The average molecular weight is 434 g/mol. The van der Waals surface area contributed by atoms with Gasteiger partial charge in [0.05, 0.1) is 29.5 Å². The van der Waals surface area contributed by atoms with Crippen LogP contribution in [0.4, 0.5) is 10.8 Å². The molecule has 1 aliphatic rings. The predicted molar refractivity (Wildman–Crippen MR) is 115 cm³/mol. The highest BCUT2D eigenvalue weighted by molar-refractivity contribution is 7.14. The number of hydrogen-bond acceptors (Lipinski definition) is 5. The van der Waals surface area contributed by atoms with Crippen molar-refractivity contribution >= 4 is 51.3 Å². The molecule has 144 valence electrons. The van der Waals surface area contributed by atoms with E-state index in [9.17, 15) is 4.79 Å². The molecule has 0 bridgehead atoms. The van der Waals surface area contributed by atoms with Crippen molar-refractivity contribution in [3.8, 4) is 11.3 Å². The summed E-state index contributed by atoms with van der Waals surface area (Å²) < 4.78 is 5.37. The molecule has 5 nitrogen and oxygen atoms in total. The molecular formula is C20H17Cl2N3O2S. The zero-order chi connectivity index (χ0) is 19.5. The molecule has 0 saturated carbocycles. The van der Waals surface area contributed by atoms with E-state index in [0.717, 1.165) is 30.0 Å². The third-order valence-electron chi connectivity index (χ3n) is 4.45. The van der Waals surface area contributed by atoms with E-state index in [0.29, 0.717) is 34.0 Å². The highest BCUT2D eigenvalue weighted by Crippen LogP contribution is 2.31. The van der Waals surface area contributed by atoms with Crippen molar-refractivity contribution in [3.05, 3.63) is 63.5 Å². The third-order valence-corrected chi connectivity index (χ3v) is 5.85. The van der Waals surface area contributed by atoms with Gasteiger partial charge in [-0.25, -0.2) is 4.98 Å². The summed E-state index contributed by atoms with van der Waals surface area (Å²) in [7, 11) is 0. The molecule has 1 aliphatic heterocycles. The van der Waals surface area contributed by atoms with Crippen LogP contribution in [0.2, 0.25) is 10.0 Å². The van der Waals surface area contributed by atoms with Gasteiger partial charge in [-0.3, -0.25) is 10.1 Å². The fraction of sp³-hybridized carbons (Fsp3) is 0.200. The second kappa shape index (κ2) is 8.49. The van der Waals surface area contributed by atoms with Gasteiger partial charge in [0.2, 0.25) is 0 Å². The molecule has 2 heterocycles. The van der Waals surface area contributed by atoms with Crippen LogP contribution < -0.4 is 10.2 Å². The molecule has 28 heavy (non-hydrogen) atoms. The molecule has 2 aromatic carbocycles. The van der Waals surface area contributed by atoms with E-state index in [1.807, 2.05) is 41.8 Å². The SMILES string of the molecule is O=C(Nc1nc(-c2ccccc2Cl)cs1)c1ccc(N2CCOCC2)cc1Cl. The summed E-state index contributed by atoms with van der Waals surface area (Å²) >= 11 is 13.9. The van der Waals surface area contributed by atoms with Crippen molar-refractivity contribution in [1.29, 1.82) is 0 Å². The number of nitrogens with one attached hydrogen (secondary N) is 1. The Morgan fingerprint density at radius 3 is 2.64 bits per heavy atom. The molecule has 1 saturated heterocycles. The Morgan fingerprint density at radius 2 is 1.89 bits per heavy atom. The van der Waals surface area contributed by atoms with E-state index in [-0.39, 0.29) is 5.91 Å². The number of aromatic nitrogens is 1. The lowest BCUT2D eigenvalue weighted by Crippen LogP contribution is -2.36. The molecule has 3 aromatic rings. The summed E-state index contributed by atoms with van der Waals surface area (Å²) in [5, 5.41) is 6.19. The Bertz CT molecular complexity index is 1000. The number of nitrogens with zero attached hydrogens (tertiary/aromatic N) is 2. The first-order valence-electron chi connectivity index (χ1n) is 8.76. The number of amides is 1. The van der Waals surface area contributed by atoms with Gasteiger partial charge in [0.15, 0.2) is 5.13 Å². The Morgan fingerprint density at radius 1 is 1.11 bits per heavy atom. The summed E-state index contributed by atoms with van der Waals surface area (Å²) in [5.41, 5.74) is 2.95. The van der Waals surface area contributed by atoms with E-state index in [2.05, 4.69) is 15.2 Å². The third kappa shape index (κ3) is 4.15. The molecule has 1 fully saturated rings. The Labute approximate surface area is 176 Å². The smallest absolute Gasteiger partial charge is 0.258 e. The minimum Gasteiger partial charge on any atom is -0.378 e. The van der Waals surface area contributed by atoms with Crippen molar-refractivity contribution in [3.63, 3.8) is 0 Å². The Kier molecular flexibility index (Phi) is 5.82. The van der Waals surface area contributed by atoms with Crippen LogP contribution in [0.1, 0.15) is 10.4 Å². The van der Waals surface area contributed by atoms with Crippen molar-refractivity contribution < 1.29 is 9.53 Å². The first kappa shape index (κ1) is 19.2. The number of ether oxygens (including phenoxy) is 1. The maximum atomic E-state index is 12.6. The minimum absolute atomic E-state index is 0.293. The van der Waals surface area contributed by atoms with Crippen LogP contribution in [-0.2, 0) is 4.74 Å². The molecule has 4 rings (SSSR count). The van der Waals surface area contributed by atoms with E-state index < -0.39 is 0 Å². The van der Waals surface area contributed by atoms with Gasteiger partial charge in [0.25, 0.3) is 5.91 Å². The molecule has 1 amide bonds. The largest absolute Gasteiger partial charge is 0.378 e. The number of rotatable bonds is 4. The van der Waals surface area contributed by atoms with Gasteiger partial charge in [-0.2, -0.15) is 0 Å². The van der Waals surface area contributed by atoms with E-state index in [1.165, 1.54) is 11.3 Å². The van der Waals surface area contributed by atoms with Crippen molar-refractivity contribution in [2.45, 2.75) is 0 Å². The van der Waals surface area contributed by atoms with Gasteiger partial charge in [-0.1, -0.05) is 41.4 Å². The van der Waals surface area contributed by atoms with Gasteiger partial charge in [0, 0.05) is 34.7 Å². The number of benzene rings is 2. The first-order valence-corrected chi connectivity index (χ1v) is 10.4. The summed E-state index contributed by atoms with van der Waals surface area (Å²) in [4.78, 5) is 19.3. The lowest BCUT2D eigenvalue weighted by molar-refractivity contribution is 0.102. The monoisotopic (exact) mass is 433 g/mol. The van der Waals surface area contributed by atoms with Gasteiger partial charge in [-0.05, 0) is 24.3 Å². The maximum absolute atomic E-state index is 12.6. The number of anilines is 2. The normalized spacial score (nSPS) is 14.1. The molecule has 1 aromatic heterocycles. The predicted octanol–water partition coefficient (Wildman–Crippen LogP) is 5.21. The Balaban J connectivity index is 1.49. The van der Waals surface area contributed by atoms with Crippen LogP contribution in [0.25, 0.3) is 11.3 Å². The summed E-state index contributed by atoms with van der Waals surface area (Å²) in [6.07, 6.45) is 0. The number of thiazole rings is 1. The van der Waals surface area contributed by atoms with Gasteiger partial charge in [0.1, 0.15) is 0 Å². The lowest BCUT2D eigenvalue weighted by Gasteiger charge is -2.29. The molecule has 0 spiro atoms. The van der Waals surface area contributed by atoms with Crippen LogP contribution in [-0.4, -0.2) is 37.2 Å². The molecule has 8 heteroatoms. The number of hydrogen-bond donors (Lipinski definition) is 1. The molecule has 0 radical (unpaired) electrons. The fourth-order valence-electron chi connectivity index (χ4n) is 2.99. The van der Waals surface area contributed by atoms with Gasteiger partial charge < -0.3 is 9.64 Å². The zero-order valence-electron chi connectivity index (χ0n) is 14.8. The zero-order valence-corrected chi connectivity index (χ0v) is 17.2. The van der Waals surface area contributed by atoms with Crippen molar-refractivity contribution in [1.82, 2.24) is 4.98 Å². The van der Waals surface area contributed by atoms with Crippen LogP contribution in [0, 0.1) is 0 Å². The fourth-order valence-corrected chi connectivity index (χ4v) is 4.19. The average Bonchev–Trinajstić information content (AvgIpc) is 3.17. The van der Waals surface area contributed by atoms with E-state index >= 15 is 0 Å². The van der Waals surface area contributed by atoms with Gasteiger partial charge >= 0.3 is 0 Å². The maximum Gasteiger partial charge on any atom is 0.258 e. The molecule has 0 aliphatic carbocycles. The minimum atomic E-state index is -0.293. The van der Waals surface area contributed by atoms with E-state index in [1.54, 1.807) is 6.07 Å². The molecule has 1 N–H and O–H groups in total. The molecular weight excluding hydrogens is 417 g/mol. The second-order valence-corrected chi connectivity index (χ2v) is 7.91. The highest BCUT2D eigenvalue weighted by atomic mass is 35.5. The van der Waals surface area contributed by atoms with Crippen molar-refractivity contribution in [2.24, 2.45) is 0 Å². The van der Waals surface area contributed by atoms with Gasteiger partial charge in [-0.15, -0.1) is 11.3 Å². The van der Waals surface area contributed by atoms with E-state index in [4.69, 9.17) is 27.9 Å². The number of morpholine rings is 1. The quantitative estimate of drug-likeness (QED) is 0.613. The van der Waals surface area contributed by atoms with Crippen LogP contribution in [0.5, 0.6) is 0 Å². The summed E-state index contributed by atoms with van der Waals surface area (Å²) in [5.74, 6) is -0.293. The number of halogens is 2. The van der Waals surface area contributed by atoms with Crippen LogP contribution in [0.15, 0.2) is 47.8 Å². The number of carbonyl (C=O) groups excluding carboxylic acids is 1. The Hall–Kier alpha value is -2.12. The molecule has 0 atom stereocenters. The lowest BCUT2D eigenvalue weighted by atomic mass is 10.1. The van der Waals surface area contributed by atoms with Crippen molar-refractivity contribution in [2.75, 3.05) is 36.5 Å². The van der Waals surface area contributed by atoms with Crippen LogP contribution >= 0.6 is 34.5 Å². The summed E-state index contributed by atoms with van der Waals surface area (Å²) in [6, 6.07) is 12.9. The highest BCUT2D eigenvalue weighted by Gasteiger charge is 2.17. The van der Waals surface area contributed by atoms with Crippen LogP contribution in [0.3, 0.4) is 0 Å². The number of carbonyl (C=O) groups is 1. The summed E-state index contributed by atoms with van der Waals surface area (Å²) in [6.45, 7) is 3.01. The topological polar surface area (TPSA) is 54.5 Å².